The van der Waals surface area contributed by atoms with Crippen LogP contribution in [0.1, 0.15) is 5.56 Å². The van der Waals surface area contributed by atoms with E-state index in [1.807, 2.05) is 41.6 Å². The first-order valence-electron chi connectivity index (χ1n) is 7.55. The molecular formula is C17H20N2O3S. The fourth-order valence-corrected chi connectivity index (χ4v) is 3.10. The quantitative estimate of drug-likeness (QED) is 0.880. The molecule has 0 spiro atoms. The number of para-hydroxylation sites is 2. The zero-order valence-electron chi connectivity index (χ0n) is 13.0. The molecule has 2 aromatic rings. The van der Waals surface area contributed by atoms with Crippen LogP contribution in [-0.2, 0) is 11.3 Å². The molecule has 0 saturated heterocycles. The Kier molecular flexibility index (Phi) is 5.15. The van der Waals surface area contributed by atoms with E-state index in [1.54, 1.807) is 11.3 Å². The maximum Gasteiger partial charge on any atom is 0.234 e. The molecule has 1 atom stereocenters. The second-order valence-electron chi connectivity index (χ2n) is 5.61. The maximum absolute atomic E-state index is 12.0. The van der Waals surface area contributed by atoms with Gasteiger partial charge in [-0.2, -0.15) is 11.3 Å². The molecule has 1 aliphatic heterocycles. The minimum absolute atomic E-state index is 0.00908. The minimum atomic E-state index is -0.156. The Labute approximate surface area is 139 Å². The number of rotatable bonds is 6. The van der Waals surface area contributed by atoms with Gasteiger partial charge in [-0.1, -0.05) is 12.1 Å². The van der Waals surface area contributed by atoms with Gasteiger partial charge < -0.3 is 14.8 Å². The largest absolute Gasteiger partial charge is 0.486 e. The smallest absolute Gasteiger partial charge is 0.234 e. The molecule has 0 saturated carbocycles. The monoisotopic (exact) mass is 332 g/mol. The van der Waals surface area contributed by atoms with Gasteiger partial charge in [0.2, 0.25) is 5.91 Å². The topological polar surface area (TPSA) is 50.8 Å². The maximum atomic E-state index is 12.0. The number of carbonyl (C=O) groups is 1. The molecule has 1 aliphatic rings. The number of likely N-dealkylation sites (N-methyl/N-ethyl adjacent to an activating group) is 1. The molecule has 1 aromatic heterocycles. The van der Waals surface area contributed by atoms with Crippen molar-refractivity contribution in [2.75, 3.05) is 26.7 Å². The average molecular weight is 332 g/mol. The van der Waals surface area contributed by atoms with Crippen molar-refractivity contribution in [1.82, 2.24) is 10.2 Å². The molecule has 2 heterocycles. The molecule has 6 heteroatoms. The standard InChI is InChI=1S/C17H20N2O3S/c1-19(9-13-6-7-23-12-13)10-17(20)18-8-14-11-21-15-4-2-3-5-16(15)22-14/h2-7,12,14H,8-11H2,1H3,(H,18,20). The lowest BCUT2D eigenvalue weighted by atomic mass is 10.2. The van der Waals surface area contributed by atoms with Crippen LogP contribution in [0.4, 0.5) is 0 Å². The van der Waals surface area contributed by atoms with Gasteiger partial charge in [0.1, 0.15) is 12.7 Å². The van der Waals surface area contributed by atoms with E-state index in [0.29, 0.717) is 19.7 Å². The normalized spacial score (nSPS) is 16.3. The number of carbonyl (C=O) groups excluding carboxylic acids is 1. The summed E-state index contributed by atoms with van der Waals surface area (Å²) in [5.74, 6) is 1.48. The van der Waals surface area contributed by atoms with Gasteiger partial charge in [0.05, 0.1) is 13.1 Å². The lowest BCUT2D eigenvalue weighted by Crippen LogP contribution is -2.43. The summed E-state index contributed by atoms with van der Waals surface area (Å²) in [6.07, 6.45) is -0.156. The van der Waals surface area contributed by atoms with Gasteiger partial charge in [-0.15, -0.1) is 0 Å². The molecule has 1 aromatic carbocycles. The highest BCUT2D eigenvalue weighted by Crippen LogP contribution is 2.30. The Hall–Kier alpha value is -2.05. The number of hydrogen-bond acceptors (Lipinski definition) is 5. The highest BCUT2D eigenvalue weighted by atomic mass is 32.1. The van der Waals surface area contributed by atoms with Crippen molar-refractivity contribution in [3.63, 3.8) is 0 Å². The van der Waals surface area contributed by atoms with Gasteiger partial charge in [-0.05, 0) is 41.6 Å². The van der Waals surface area contributed by atoms with Crippen molar-refractivity contribution in [2.24, 2.45) is 0 Å². The molecule has 0 radical (unpaired) electrons. The molecule has 0 fully saturated rings. The summed E-state index contributed by atoms with van der Waals surface area (Å²) in [6, 6.07) is 9.64. The average Bonchev–Trinajstić information content (AvgIpc) is 3.05. The zero-order chi connectivity index (χ0) is 16.1. The number of hydrogen-bond donors (Lipinski definition) is 1. The summed E-state index contributed by atoms with van der Waals surface area (Å²) >= 11 is 1.67. The third kappa shape index (κ3) is 4.46. The predicted molar refractivity (Wildman–Crippen MR) is 90.0 cm³/mol. The molecule has 3 rings (SSSR count). The molecule has 0 bridgehead atoms. The van der Waals surface area contributed by atoms with Crippen LogP contribution in [0.2, 0.25) is 0 Å². The highest BCUT2D eigenvalue weighted by molar-refractivity contribution is 7.07. The minimum Gasteiger partial charge on any atom is -0.486 e. The first-order chi connectivity index (χ1) is 11.2. The number of amides is 1. The van der Waals surface area contributed by atoms with Gasteiger partial charge in [-0.3, -0.25) is 9.69 Å². The van der Waals surface area contributed by atoms with Gasteiger partial charge in [0, 0.05) is 6.54 Å². The number of benzene rings is 1. The van der Waals surface area contributed by atoms with Crippen LogP contribution in [0.25, 0.3) is 0 Å². The van der Waals surface area contributed by atoms with Crippen molar-refractivity contribution >= 4 is 17.2 Å². The Morgan fingerprint density at radius 2 is 2.17 bits per heavy atom. The third-order valence-corrected chi connectivity index (χ3v) is 4.27. The van der Waals surface area contributed by atoms with Crippen LogP contribution < -0.4 is 14.8 Å². The van der Waals surface area contributed by atoms with Crippen LogP contribution in [0.15, 0.2) is 41.1 Å². The number of fused-ring (bicyclic) bond motifs is 1. The molecule has 1 N–H and O–H groups in total. The second-order valence-corrected chi connectivity index (χ2v) is 6.39. The fourth-order valence-electron chi connectivity index (χ4n) is 2.44. The van der Waals surface area contributed by atoms with E-state index in [4.69, 9.17) is 9.47 Å². The van der Waals surface area contributed by atoms with E-state index < -0.39 is 0 Å². The van der Waals surface area contributed by atoms with E-state index in [2.05, 4.69) is 16.8 Å². The fraction of sp³-hybridized carbons (Fsp3) is 0.353. The van der Waals surface area contributed by atoms with E-state index in [-0.39, 0.29) is 12.0 Å². The Balaban J connectivity index is 1.41. The summed E-state index contributed by atoms with van der Waals surface area (Å²) in [5.41, 5.74) is 1.23. The summed E-state index contributed by atoms with van der Waals surface area (Å²) in [4.78, 5) is 14.0. The lowest BCUT2D eigenvalue weighted by molar-refractivity contribution is -0.122. The predicted octanol–water partition coefficient (Wildman–Crippen LogP) is 2.14. The van der Waals surface area contributed by atoms with Crippen LogP contribution in [0, 0.1) is 0 Å². The van der Waals surface area contributed by atoms with Crippen molar-refractivity contribution in [3.05, 3.63) is 46.7 Å². The second kappa shape index (κ2) is 7.48. The van der Waals surface area contributed by atoms with E-state index in [0.717, 1.165) is 18.0 Å². The number of ether oxygens (including phenoxy) is 2. The van der Waals surface area contributed by atoms with Crippen molar-refractivity contribution in [1.29, 1.82) is 0 Å². The number of nitrogens with one attached hydrogen (secondary N) is 1. The Morgan fingerprint density at radius 3 is 2.96 bits per heavy atom. The summed E-state index contributed by atoms with van der Waals surface area (Å²) < 4.78 is 11.5. The summed E-state index contributed by atoms with van der Waals surface area (Å²) in [7, 11) is 1.94. The molecular weight excluding hydrogens is 312 g/mol. The van der Waals surface area contributed by atoms with Crippen LogP contribution in [-0.4, -0.2) is 43.7 Å². The van der Waals surface area contributed by atoms with Crippen LogP contribution in [0.3, 0.4) is 0 Å². The lowest BCUT2D eigenvalue weighted by Gasteiger charge is -2.26. The van der Waals surface area contributed by atoms with Crippen molar-refractivity contribution in [3.8, 4) is 11.5 Å². The number of thiophene rings is 1. The third-order valence-electron chi connectivity index (χ3n) is 3.54. The molecule has 23 heavy (non-hydrogen) atoms. The van der Waals surface area contributed by atoms with Crippen LogP contribution in [0.5, 0.6) is 11.5 Å². The van der Waals surface area contributed by atoms with Crippen molar-refractivity contribution in [2.45, 2.75) is 12.6 Å². The van der Waals surface area contributed by atoms with Gasteiger partial charge in [-0.25, -0.2) is 0 Å². The van der Waals surface area contributed by atoms with E-state index >= 15 is 0 Å². The van der Waals surface area contributed by atoms with E-state index in [1.165, 1.54) is 5.56 Å². The highest BCUT2D eigenvalue weighted by Gasteiger charge is 2.21. The first-order valence-corrected chi connectivity index (χ1v) is 8.50. The molecule has 0 aliphatic carbocycles. The molecule has 1 unspecified atom stereocenters. The molecule has 122 valence electrons. The van der Waals surface area contributed by atoms with Gasteiger partial charge in [0.25, 0.3) is 0 Å². The van der Waals surface area contributed by atoms with Crippen LogP contribution >= 0.6 is 11.3 Å². The number of nitrogens with zero attached hydrogens (tertiary/aromatic N) is 1. The SMILES string of the molecule is CN(CC(=O)NCC1COc2ccccc2O1)Cc1ccsc1. The summed E-state index contributed by atoms with van der Waals surface area (Å²) in [5, 5.41) is 7.05. The van der Waals surface area contributed by atoms with Gasteiger partial charge in [0.15, 0.2) is 11.5 Å². The van der Waals surface area contributed by atoms with Crippen molar-refractivity contribution < 1.29 is 14.3 Å². The first kappa shape index (κ1) is 15.8. The Bertz CT molecular complexity index is 645. The van der Waals surface area contributed by atoms with E-state index in [9.17, 15) is 4.79 Å². The van der Waals surface area contributed by atoms with Gasteiger partial charge >= 0.3 is 0 Å². The summed E-state index contributed by atoms with van der Waals surface area (Å²) in [6.45, 7) is 2.02. The molecule has 5 nitrogen and oxygen atoms in total. The Morgan fingerprint density at radius 1 is 1.35 bits per heavy atom. The zero-order valence-corrected chi connectivity index (χ0v) is 13.8. The molecule has 1 amide bonds.